The molecule has 0 saturated heterocycles. The Kier molecular flexibility index (Phi) is 13.4. The van der Waals surface area contributed by atoms with Crippen LogP contribution >= 0.6 is 31.9 Å². The van der Waals surface area contributed by atoms with Crippen molar-refractivity contribution >= 4 is 49.8 Å². The van der Waals surface area contributed by atoms with Gasteiger partial charge >= 0.3 is 17.9 Å². The Hall–Kier alpha value is -4.15. The number of aromatic hydroxyl groups is 1. The van der Waals surface area contributed by atoms with Crippen molar-refractivity contribution in [2.75, 3.05) is 26.4 Å². The Labute approximate surface area is 273 Å². The summed E-state index contributed by atoms with van der Waals surface area (Å²) < 4.78 is 21.7. The van der Waals surface area contributed by atoms with Gasteiger partial charge in [0.2, 0.25) is 0 Å². The lowest BCUT2D eigenvalue weighted by Gasteiger charge is -2.10. The average molecular weight is 728 g/mol. The fourth-order valence-electron chi connectivity index (χ4n) is 3.85. The quantitative estimate of drug-likeness (QED) is 0.0989. The van der Waals surface area contributed by atoms with E-state index >= 15 is 0 Å². The Morgan fingerprint density at radius 3 is 1.50 bits per heavy atom. The molecule has 0 fully saturated rings. The molecule has 230 valence electrons. The molecule has 0 aliphatic carbocycles. The van der Waals surface area contributed by atoms with E-state index in [1.165, 1.54) is 6.92 Å². The second kappa shape index (κ2) is 17.2. The molecule has 0 aliphatic rings. The molecule has 44 heavy (non-hydrogen) atoms. The summed E-state index contributed by atoms with van der Waals surface area (Å²) in [5, 5.41) is 9.46. The van der Waals surface area contributed by atoms with E-state index in [4.69, 9.17) is 18.9 Å². The molecule has 0 saturated carbocycles. The number of rotatable bonds is 10. The molecule has 4 aromatic rings. The number of phenols is 1. The molecule has 0 radical (unpaired) electrons. The van der Waals surface area contributed by atoms with Crippen LogP contribution in [0.4, 0.5) is 0 Å². The van der Waals surface area contributed by atoms with E-state index < -0.39 is 0 Å². The van der Waals surface area contributed by atoms with Gasteiger partial charge in [0.1, 0.15) is 24.7 Å². The molecule has 0 aliphatic heterocycles. The Morgan fingerprint density at radius 2 is 1.07 bits per heavy atom. The summed E-state index contributed by atoms with van der Waals surface area (Å²) in [5.74, 6) is -0.108. The van der Waals surface area contributed by atoms with Crippen LogP contribution in [0.3, 0.4) is 0 Å². The van der Waals surface area contributed by atoms with Crippen LogP contribution in [0.2, 0.25) is 0 Å². The molecule has 8 nitrogen and oxygen atoms in total. The normalized spacial score (nSPS) is 10.2. The Bertz CT molecular complexity index is 1570. The van der Waals surface area contributed by atoms with Crippen molar-refractivity contribution in [2.24, 2.45) is 0 Å². The summed E-state index contributed by atoms with van der Waals surface area (Å²) in [4.78, 5) is 33.9. The van der Waals surface area contributed by atoms with Gasteiger partial charge < -0.3 is 24.1 Å². The first-order valence-corrected chi connectivity index (χ1v) is 15.3. The minimum atomic E-state index is -0.329. The molecular formula is C34H32Br2O8. The number of hydrogen-bond acceptors (Lipinski definition) is 8. The number of phenolic OH excluding ortho intramolecular Hbond substituents is 1. The number of carbonyl (C=O) groups is 3. The molecular weight excluding hydrogens is 696 g/mol. The van der Waals surface area contributed by atoms with E-state index in [1.807, 2.05) is 54.6 Å². The molecule has 0 bridgehead atoms. The van der Waals surface area contributed by atoms with Crippen molar-refractivity contribution in [1.29, 1.82) is 0 Å². The van der Waals surface area contributed by atoms with Crippen LogP contribution in [0.1, 0.15) is 41.5 Å². The van der Waals surface area contributed by atoms with Crippen molar-refractivity contribution in [3.8, 4) is 33.8 Å². The molecule has 4 rings (SSSR count). The van der Waals surface area contributed by atoms with Gasteiger partial charge in [-0.05, 0) is 116 Å². The van der Waals surface area contributed by atoms with Crippen molar-refractivity contribution in [3.63, 3.8) is 0 Å². The van der Waals surface area contributed by atoms with Crippen LogP contribution in [0.15, 0.2) is 93.9 Å². The SMILES string of the molecule is CCOC(=O)c1ccc(-c2ccc(O)c(Br)c2)cc1.CCOC(=O)c1ccc(-c2ccc(OCCOC(C)=O)c(Br)c2)cc1. The highest BCUT2D eigenvalue weighted by Crippen LogP contribution is 2.31. The lowest BCUT2D eigenvalue weighted by atomic mass is 10.0. The minimum absolute atomic E-state index is 0.201. The van der Waals surface area contributed by atoms with Crippen molar-refractivity contribution in [1.82, 2.24) is 0 Å². The first-order chi connectivity index (χ1) is 21.1. The van der Waals surface area contributed by atoms with Gasteiger partial charge in [0, 0.05) is 6.92 Å². The zero-order chi connectivity index (χ0) is 32.1. The predicted molar refractivity (Wildman–Crippen MR) is 175 cm³/mol. The number of benzene rings is 4. The van der Waals surface area contributed by atoms with E-state index in [0.717, 1.165) is 26.7 Å². The fraction of sp³-hybridized carbons (Fsp3) is 0.206. The van der Waals surface area contributed by atoms with Crippen LogP contribution in [-0.2, 0) is 19.0 Å². The van der Waals surface area contributed by atoms with Gasteiger partial charge in [-0.1, -0.05) is 36.4 Å². The highest BCUT2D eigenvalue weighted by atomic mass is 79.9. The zero-order valence-corrected chi connectivity index (χ0v) is 27.6. The molecule has 1 N–H and O–H groups in total. The summed E-state index contributed by atoms with van der Waals surface area (Å²) in [6.45, 7) is 6.13. The number of esters is 3. The minimum Gasteiger partial charge on any atom is -0.507 e. The molecule has 4 aromatic carbocycles. The number of ether oxygens (including phenoxy) is 4. The highest BCUT2D eigenvalue weighted by Gasteiger charge is 2.09. The molecule has 0 amide bonds. The number of hydrogen-bond donors (Lipinski definition) is 1. The van der Waals surface area contributed by atoms with Gasteiger partial charge in [-0.2, -0.15) is 0 Å². The monoisotopic (exact) mass is 726 g/mol. The summed E-state index contributed by atoms with van der Waals surface area (Å²) in [7, 11) is 0. The number of carbonyl (C=O) groups excluding carboxylic acids is 3. The lowest BCUT2D eigenvalue weighted by Crippen LogP contribution is -2.09. The predicted octanol–water partition coefficient (Wildman–Crippen LogP) is 8.23. The van der Waals surface area contributed by atoms with Crippen molar-refractivity contribution in [3.05, 3.63) is 105 Å². The van der Waals surface area contributed by atoms with E-state index in [-0.39, 0.29) is 36.9 Å². The van der Waals surface area contributed by atoms with E-state index in [2.05, 4.69) is 31.9 Å². The van der Waals surface area contributed by atoms with Crippen LogP contribution in [0.5, 0.6) is 11.5 Å². The third-order valence-electron chi connectivity index (χ3n) is 5.98. The third-order valence-corrected chi connectivity index (χ3v) is 7.24. The topological polar surface area (TPSA) is 108 Å². The summed E-state index contributed by atoms with van der Waals surface area (Å²) >= 11 is 6.75. The molecule has 0 spiro atoms. The Morgan fingerprint density at radius 1 is 0.614 bits per heavy atom. The third kappa shape index (κ3) is 10.2. The highest BCUT2D eigenvalue weighted by molar-refractivity contribution is 9.10. The molecule has 10 heteroatoms. The summed E-state index contributed by atoms with van der Waals surface area (Å²) in [5.41, 5.74) is 4.93. The van der Waals surface area contributed by atoms with E-state index in [1.54, 1.807) is 44.2 Å². The van der Waals surface area contributed by atoms with E-state index in [0.29, 0.717) is 34.6 Å². The average Bonchev–Trinajstić information content (AvgIpc) is 3.02. The van der Waals surface area contributed by atoms with Gasteiger partial charge in [0.05, 0.1) is 33.3 Å². The number of halogens is 2. The van der Waals surface area contributed by atoms with Gasteiger partial charge in [-0.25, -0.2) is 9.59 Å². The molecule has 0 heterocycles. The molecule has 0 atom stereocenters. The Balaban J connectivity index is 0.000000249. The lowest BCUT2D eigenvalue weighted by molar-refractivity contribution is -0.141. The van der Waals surface area contributed by atoms with Crippen LogP contribution < -0.4 is 4.74 Å². The van der Waals surface area contributed by atoms with Crippen LogP contribution in [-0.4, -0.2) is 49.4 Å². The van der Waals surface area contributed by atoms with Crippen LogP contribution in [0, 0.1) is 0 Å². The fourth-order valence-corrected chi connectivity index (χ4v) is 4.72. The van der Waals surface area contributed by atoms with Gasteiger partial charge in [-0.15, -0.1) is 0 Å². The summed E-state index contributed by atoms with van der Waals surface area (Å²) in [6, 6.07) is 25.4. The second-order valence-corrected chi connectivity index (χ2v) is 10.8. The first kappa shape index (κ1) is 34.3. The first-order valence-electron chi connectivity index (χ1n) is 13.7. The van der Waals surface area contributed by atoms with Crippen molar-refractivity contribution < 1.29 is 38.4 Å². The standard InChI is InChI=1S/C19H19BrO5.C15H13BrO3/c1-3-23-19(22)15-6-4-14(5-7-15)16-8-9-18(17(20)12-16)25-11-10-24-13(2)21;1-2-19-15(18)11-5-3-10(4-6-11)12-7-8-14(17)13(16)9-12/h4-9,12H,3,10-11H2,1-2H3;3-9,17H,2H2,1H3. The summed E-state index contributed by atoms with van der Waals surface area (Å²) in [6.07, 6.45) is 0. The molecule has 0 aromatic heterocycles. The largest absolute Gasteiger partial charge is 0.507 e. The van der Waals surface area contributed by atoms with Gasteiger partial charge in [-0.3, -0.25) is 4.79 Å². The smallest absolute Gasteiger partial charge is 0.338 e. The second-order valence-electron chi connectivity index (χ2n) is 9.10. The van der Waals surface area contributed by atoms with Crippen LogP contribution in [0.25, 0.3) is 22.3 Å². The van der Waals surface area contributed by atoms with E-state index in [9.17, 15) is 19.5 Å². The maximum Gasteiger partial charge on any atom is 0.338 e. The maximum atomic E-state index is 11.7. The maximum absolute atomic E-state index is 11.7. The zero-order valence-electron chi connectivity index (χ0n) is 24.5. The molecule has 0 unspecified atom stereocenters. The van der Waals surface area contributed by atoms with Gasteiger partial charge in [0.15, 0.2) is 0 Å². The van der Waals surface area contributed by atoms with Crippen molar-refractivity contribution in [2.45, 2.75) is 20.8 Å². The van der Waals surface area contributed by atoms with Gasteiger partial charge in [0.25, 0.3) is 0 Å².